The second-order valence-electron chi connectivity index (χ2n) is 11.9. The Balaban J connectivity index is 1.39. The van der Waals surface area contributed by atoms with Gasteiger partial charge in [-0.1, -0.05) is 32.0 Å². The highest BCUT2D eigenvalue weighted by Crippen LogP contribution is 2.30. The van der Waals surface area contributed by atoms with Crippen molar-refractivity contribution >= 4 is 17.6 Å². The van der Waals surface area contributed by atoms with Gasteiger partial charge in [0.15, 0.2) is 11.5 Å². The molecule has 12 heteroatoms. The number of anilines is 1. The predicted molar refractivity (Wildman–Crippen MR) is 178 cm³/mol. The van der Waals surface area contributed by atoms with Crippen molar-refractivity contribution < 1.29 is 23.8 Å². The van der Waals surface area contributed by atoms with Crippen LogP contribution in [-0.4, -0.2) is 83.2 Å². The third kappa shape index (κ3) is 8.00. The van der Waals surface area contributed by atoms with Crippen molar-refractivity contribution in [2.75, 3.05) is 45.9 Å². The van der Waals surface area contributed by atoms with Gasteiger partial charge in [0.25, 0.3) is 0 Å². The first-order chi connectivity index (χ1) is 22.7. The molecule has 0 saturated carbocycles. The van der Waals surface area contributed by atoms with Gasteiger partial charge in [-0.2, -0.15) is 4.98 Å². The number of amides is 2. The van der Waals surface area contributed by atoms with Crippen LogP contribution in [0.2, 0.25) is 0 Å². The van der Waals surface area contributed by atoms with E-state index >= 15 is 0 Å². The van der Waals surface area contributed by atoms with Gasteiger partial charge < -0.3 is 29.3 Å². The minimum Gasteiger partial charge on any atom is -0.497 e. The summed E-state index contributed by atoms with van der Waals surface area (Å²) in [5.74, 6) is 3.18. The molecular formula is C35H43N7O5. The molecule has 1 aliphatic rings. The highest BCUT2D eigenvalue weighted by atomic mass is 16.5. The maximum absolute atomic E-state index is 13.7. The second-order valence-corrected chi connectivity index (χ2v) is 11.9. The summed E-state index contributed by atoms with van der Waals surface area (Å²) < 4.78 is 17.9. The summed E-state index contributed by atoms with van der Waals surface area (Å²) >= 11 is 0. The van der Waals surface area contributed by atoms with Crippen LogP contribution in [0.15, 0.2) is 67.3 Å². The van der Waals surface area contributed by atoms with Crippen LogP contribution >= 0.6 is 0 Å². The third-order valence-electron chi connectivity index (χ3n) is 8.40. The number of hydrogen-bond donors (Lipinski definition) is 1. The SMILES string of the molecule is COc1ccc(CC(=O)N2CCN(c3cc(C(C)C)nc(-n4ccnc4)n3)C(CC(=O)NC(C)c3ccc(OC)c(OC)c3)C2)cc1. The van der Waals surface area contributed by atoms with E-state index in [2.05, 4.69) is 29.0 Å². The largest absolute Gasteiger partial charge is 0.497 e. The lowest BCUT2D eigenvalue weighted by Crippen LogP contribution is -2.56. The lowest BCUT2D eigenvalue weighted by Gasteiger charge is -2.42. The fraction of sp³-hybridized carbons (Fsp3) is 0.400. The number of carbonyl (C=O) groups is 2. The van der Waals surface area contributed by atoms with Crippen molar-refractivity contribution in [2.24, 2.45) is 0 Å². The second kappa shape index (κ2) is 15.0. The standard InChI is InChI=1S/C35H43N7O5/c1-23(2)29-20-32(39-35(38-29)41-14-13-36-22-41)42-16-15-40(34(44)17-25-7-10-28(45-4)11-8-25)21-27(42)19-33(43)37-24(3)26-9-12-30(46-5)31(18-26)47-6/h7-14,18,20,22-24,27H,15-17,19,21H2,1-6H3,(H,37,43). The quantitative estimate of drug-likeness (QED) is 0.241. The molecule has 5 rings (SSSR count). The van der Waals surface area contributed by atoms with E-state index < -0.39 is 0 Å². The molecule has 2 aromatic heterocycles. The number of methoxy groups -OCH3 is 3. The minimum atomic E-state index is -0.327. The van der Waals surface area contributed by atoms with Crippen molar-refractivity contribution in [3.8, 4) is 23.2 Å². The van der Waals surface area contributed by atoms with Crippen LogP contribution in [0.1, 0.15) is 56.0 Å². The van der Waals surface area contributed by atoms with Crippen LogP contribution in [0.25, 0.3) is 5.95 Å². The zero-order valence-electron chi connectivity index (χ0n) is 27.8. The molecule has 248 valence electrons. The number of nitrogens with zero attached hydrogens (tertiary/aromatic N) is 6. The van der Waals surface area contributed by atoms with E-state index in [0.717, 1.165) is 22.6 Å². The van der Waals surface area contributed by atoms with Crippen molar-refractivity contribution in [2.45, 2.75) is 51.6 Å². The van der Waals surface area contributed by atoms with E-state index in [1.807, 2.05) is 60.4 Å². The van der Waals surface area contributed by atoms with Crippen LogP contribution in [0.4, 0.5) is 5.82 Å². The molecule has 0 radical (unpaired) electrons. The minimum absolute atomic E-state index is 0.00332. The number of benzene rings is 2. The number of piperazine rings is 1. The van der Waals surface area contributed by atoms with Gasteiger partial charge in [0.05, 0.1) is 45.5 Å². The Morgan fingerprint density at radius 1 is 0.936 bits per heavy atom. The van der Waals surface area contributed by atoms with Gasteiger partial charge in [-0.05, 0) is 48.2 Å². The van der Waals surface area contributed by atoms with Gasteiger partial charge in [-0.15, -0.1) is 0 Å². The molecule has 1 N–H and O–H groups in total. The van der Waals surface area contributed by atoms with E-state index in [0.29, 0.717) is 42.9 Å². The molecule has 2 amide bonds. The number of ether oxygens (including phenoxy) is 3. The molecule has 12 nitrogen and oxygen atoms in total. The summed E-state index contributed by atoms with van der Waals surface area (Å²) in [4.78, 5) is 45.0. The molecular weight excluding hydrogens is 598 g/mol. The molecule has 2 aromatic carbocycles. The maximum atomic E-state index is 13.7. The van der Waals surface area contributed by atoms with Gasteiger partial charge in [0.1, 0.15) is 17.9 Å². The lowest BCUT2D eigenvalue weighted by molar-refractivity contribution is -0.132. The monoisotopic (exact) mass is 641 g/mol. The Labute approximate surface area is 275 Å². The maximum Gasteiger partial charge on any atom is 0.237 e. The number of imidazole rings is 1. The average Bonchev–Trinajstić information content (AvgIpc) is 3.63. The van der Waals surface area contributed by atoms with E-state index in [-0.39, 0.29) is 42.7 Å². The number of nitrogens with one attached hydrogen (secondary N) is 1. The Bertz CT molecular complexity index is 1660. The first-order valence-corrected chi connectivity index (χ1v) is 15.7. The number of aromatic nitrogens is 4. The van der Waals surface area contributed by atoms with E-state index in [1.165, 1.54) is 0 Å². The Kier molecular flexibility index (Phi) is 10.6. The lowest BCUT2D eigenvalue weighted by atomic mass is 10.0. The fourth-order valence-electron chi connectivity index (χ4n) is 5.68. The first kappa shape index (κ1) is 33.2. The molecule has 2 atom stereocenters. The van der Waals surface area contributed by atoms with Gasteiger partial charge in [-0.3, -0.25) is 14.2 Å². The fourth-order valence-corrected chi connectivity index (χ4v) is 5.68. The van der Waals surface area contributed by atoms with Crippen molar-refractivity contribution in [3.05, 3.63) is 84.1 Å². The van der Waals surface area contributed by atoms with Gasteiger partial charge in [0, 0.05) is 44.5 Å². The molecule has 47 heavy (non-hydrogen) atoms. The molecule has 3 heterocycles. The zero-order valence-corrected chi connectivity index (χ0v) is 27.8. The molecule has 0 bridgehead atoms. The molecule has 4 aromatic rings. The molecule has 0 spiro atoms. The number of carbonyl (C=O) groups excluding carboxylic acids is 2. The molecule has 1 fully saturated rings. The number of rotatable bonds is 12. The van der Waals surface area contributed by atoms with Crippen molar-refractivity contribution in [1.82, 2.24) is 29.7 Å². The topological polar surface area (TPSA) is 124 Å². The van der Waals surface area contributed by atoms with Crippen LogP contribution in [0.5, 0.6) is 17.2 Å². The summed E-state index contributed by atoms with van der Waals surface area (Å²) in [7, 11) is 4.79. The van der Waals surface area contributed by atoms with Gasteiger partial charge >= 0.3 is 0 Å². The summed E-state index contributed by atoms with van der Waals surface area (Å²) in [6, 6.07) is 14.5. The van der Waals surface area contributed by atoms with Crippen LogP contribution in [0.3, 0.4) is 0 Å². The summed E-state index contributed by atoms with van der Waals surface area (Å²) in [6.45, 7) is 7.47. The Morgan fingerprint density at radius 2 is 1.70 bits per heavy atom. The zero-order chi connectivity index (χ0) is 33.5. The third-order valence-corrected chi connectivity index (χ3v) is 8.40. The molecule has 1 saturated heterocycles. The number of hydrogen-bond acceptors (Lipinski definition) is 9. The van der Waals surface area contributed by atoms with Crippen molar-refractivity contribution in [3.63, 3.8) is 0 Å². The Hall–Kier alpha value is -5.13. The van der Waals surface area contributed by atoms with E-state index in [9.17, 15) is 9.59 Å². The smallest absolute Gasteiger partial charge is 0.237 e. The summed E-state index contributed by atoms with van der Waals surface area (Å²) in [5, 5.41) is 3.14. The highest BCUT2D eigenvalue weighted by molar-refractivity contribution is 5.80. The predicted octanol–water partition coefficient (Wildman–Crippen LogP) is 4.34. The van der Waals surface area contributed by atoms with Gasteiger partial charge in [0.2, 0.25) is 17.8 Å². The van der Waals surface area contributed by atoms with Crippen molar-refractivity contribution in [1.29, 1.82) is 0 Å². The first-order valence-electron chi connectivity index (χ1n) is 15.7. The summed E-state index contributed by atoms with van der Waals surface area (Å²) in [6.07, 6.45) is 5.57. The van der Waals surface area contributed by atoms with Gasteiger partial charge in [-0.25, -0.2) is 9.97 Å². The highest BCUT2D eigenvalue weighted by Gasteiger charge is 2.33. The van der Waals surface area contributed by atoms with Crippen LogP contribution in [0, 0.1) is 0 Å². The Morgan fingerprint density at radius 3 is 2.36 bits per heavy atom. The van der Waals surface area contributed by atoms with E-state index in [4.69, 9.17) is 24.2 Å². The molecule has 2 unspecified atom stereocenters. The average molecular weight is 642 g/mol. The molecule has 1 aliphatic heterocycles. The van der Waals surface area contributed by atoms with E-state index in [1.54, 1.807) is 44.6 Å². The van der Waals surface area contributed by atoms with Crippen LogP contribution < -0.4 is 24.4 Å². The normalized spacial score (nSPS) is 15.3. The van der Waals surface area contributed by atoms with Crippen LogP contribution in [-0.2, 0) is 16.0 Å². The molecule has 0 aliphatic carbocycles. The summed E-state index contributed by atoms with van der Waals surface area (Å²) in [5.41, 5.74) is 2.66.